The molecule has 3 nitrogen and oxygen atoms in total. The number of amides is 1. The fraction of sp³-hybridized carbons (Fsp3) is 0.833. The van der Waals surface area contributed by atoms with Gasteiger partial charge in [0, 0.05) is 0 Å². The molecule has 0 bridgehead atoms. The van der Waals surface area contributed by atoms with Crippen LogP contribution in [0.4, 0.5) is 0 Å². The van der Waals surface area contributed by atoms with Crippen LogP contribution in [0, 0.1) is 5.92 Å². The Labute approximate surface area is 67.6 Å². The quantitative estimate of drug-likeness (QED) is 0.632. The van der Waals surface area contributed by atoms with Crippen molar-refractivity contribution in [2.45, 2.75) is 26.3 Å². The van der Waals surface area contributed by atoms with Gasteiger partial charge in [-0.1, -0.05) is 20.3 Å². The molecule has 0 aliphatic heterocycles. The fourth-order valence-electron chi connectivity index (χ4n) is 0.534. The minimum Gasteiger partial charge on any atom is -0.368 e. The average Bonchev–Trinajstić information content (AvgIpc) is 1.84. The van der Waals surface area contributed by atoms with Crippen LogP contribution in [-0.4, -0.2) is 11.9 Å². The summed E-state index contributed by atoms with van der Waals surface area (Å²) < 4.78 is 0. The van der Waals surface area contributed by atoms with Crippen molar-refractivity contribution in [3.8, 4) is 0 Å². The van der Waals surface area contributed by atoms with Crippen molar-refractivity contribution in [1.29, 1.82) is 0 Å². The van der Waals surface area contributed by atoms with E-state index in [0.717, 1.165) is 6.42 Å². The van der Waals surface area contributed by atoms with Gasteiger partial charge in [0.15, 0.2) is 0 Å². The van der Waals surface area contributed by atoms with Crippen LogP contribution in [-0.2, 0) is 4.79 Å². The molecule has 0 spiro atoms. The Kier molecular flexibility index (Phi) is 6.82. The molecule has 0 fully saturated rings. The molecule has 0 aliphatic carbocycles. The molecule has 4 heteroatoms. The predicted molar refractivity (Wildman–Crippen MR) is 43.9 cm³/mol. The Balaban J connectivity index is 0. The first-order chi connectivity index (χ1) is 4.09. The largest absolute Gasteiger partial charge is 0.368 e. The lowest BCUT2D eigenvalue weighted by Gasteiger charge is -2.13. The highest BCUT2D eigenvalue weighted by atomic mass is 35.5. The summed E-state index contributed by atoms with van der Waals surface area (Å²) in [5.41, 5.74) is 10.3. The molecule has 0 aliphatic rings. The first-order valence-electron chi connectivity index (χ1n) is 3.14. The van der Waals surface area contributed by atoms with Gasteiger partial charge in [-0.15, -0.1) is 12.4 Å². The molecule has 0 aromatic heterocycles. The third-order valence-corrected chi connectivity index (χ3v) is 1.59. The zero-order valence-electron chi connectivity index (χ0n) is 6.33. The number of hydrogen-bond donors (Lipinski definition) is 2. The van der Waals surface area contributed by atoms with E-state index in [0.29, 0.717) is 0 Å². The molecule has 0 radical (unpaired) electrons. The number of primary amides is 1. The molecule has 0 rings (SSSR count). The zero-order valence-corrected chi connectivity index (χ0v) is 7.15. The third-order valence-electron chi connectivity index (χ3n) is 1.59. The van der Waals surface area contributed by atoms with E-state index in [4.69, 9.17) is 11.5 Å². The standard InChI is InChI=1S/C6H14N2O.ClH/c1-3-4(2)5(7)6(8)9;/h4-5H,3,7H2,1-2H3,(H2,8,9);1H/t4-,5+;/m1./s1. The van der Waals surface area contributed by atoms with E-state index < -0.39 is 11.9 Å². The van der Waals surface area contributed by atoms with Gasteiger partial charge in [-0.3, -0.25) is 4.79 Å². The predicted octanol–water partition coefficient (Wildman–Crippen LogP) is 0.267. The van der Waals surface area contributed by atoms with Crippen LogP contribution in [0.2, 0.25) is 0 Å². The first-order valence-corrected chi connectivity index (χ1v) is 3.14. The second kappa shape index (κ2) is 5.50. The van der Waals surface area contributed by atoms with Crippen LogP contribution in [0.5, 0.6) is 0 Å². The highest BCUT2D eigenvalue weighted by molar-refractivity contribution is 5.85. The molecule has 0 saturated heterocycles. The third kappa shape index (κ3) is 3.69. The van der Waals surface area contributed by atoms with Crippen molar-refractivity contribution in [2.75, 3.05) is 0 Å². The van der Waals surface area contributed by atoms with Gasteiger partial charge in [-0.25, -0.2) is 0 Å². The van der Waals surface area contributed by atoms with Crippen LogP contribution < -0.4 is 11.5 Å². The van der Waals surface area contributed by atoms with Crippen molar-refractivity contribution in [3.63, 3.8) is 0 Å². The maximum atomic E-state index is 10.4. The second-order valence-corrected chi connectivity index (χ2v) is 2.31. The second-order valence-electron chi connectivity index (χ2n) is 2.31. The number of hydrogen-bond acceptors (Lipinski definition) is 2. The topological polar surface area (TPSA) is 69.1 Å². The number of halogens is 1. The van der Waals surface area contributed by atoms with E-state index in [9.17, 15) is 4.79 Å². The summed E-state index contributed by atoms with van der Waals surface area (Å²) in [5.74, 6) is -0.216. The lowest BCUT2D eigenvalue weighted by Crippen LogP contribution is -2.41. The maximum absolute atomic E-state index is 10.4. The average molecular weight is 167 g/mol. The van der Waals surface area contributed by atoms with Crippen LogP contribution in [0.15, 0.2) is 0 Å². The van der Waals surface area contributed by atoms with Crippen LogP contribution in [0.3, 0.4) is 0 Å². The van der Waals surface area contributed by atoms with Crippen LogP contribution in [0.1, 0.15) is 20.3 Å². The Morgan fingerprint density at radius 2 is 2.00 bits per heavy atom. The molecule has 4 N–H and O–H groups in total. The van der Waals surface area contributed by atoms with Crippen molar-refractivity contribution in [1.82, 2.24) is 0 Å². The van der Waals surface area contributed by atoms with Crippen molar-refractivity contribution < 1.29 is 4.79 Å². The smallest absolute Gasteiger partial charge is 0.234 e. The normalized spacial score (nSPS) is 15.1. The van der Waals surface area contributed by atoms with Gasteiger partial charge >= 0.3 is 0 Å². The molecule has 2 atom stereocenters. The number of nitrogens with two attached hydrogens (primary N) is 2. The van der Waals surface area contributed by atoms with Gasteiger partial charge < -0.3 is 11.5 Å². The summed E-state index contributed by atoms with van der Waals surface area (Å²) in [5, 5.41) is 0. The summed E-state index contributed by atoms with van der Waals surface area (Å²) in [7, 11) is 0. The Bertz CT molecular complexity index is 108. The van der Waals surface area contributed by atoms with Crippen LogP contribution in [0.25, 0.3) is 0 Å². The molecular weight excluding hydrogens is 152 g/mol. The Morgan fingerprint density at radius 3 is 2.10 bits per heavy atom. The lowest BCUT2D eigenvalue weighted by atomic mass is 10.00. The summed E-state index contributed by atoms with van der Waals surface area (Å²) in [6, 6.07) is -0.477. The molecule has 0 aromatic carbocycles. The summed E-state index contributed by atoms with van der Waals surface area (Å²) in [6.07, 6.45) is 0.893. The summed E-state index contributed by atoms with van der Waals surface area (Å²) in [4.78, 5) is 10.4. The van der Waals surface area contributed by atoms with E-state index in [-0.39, 0.29) is 18.3 Å². The van der Waals surface area contributed by atoms with Gasteiger partial charge in [0.05, 0.1) is 6.04 Å². The number of carbonyl (C=O) groups excluding carboxylic acids is 1. The molecule has 0 aromatic rings. The van der Waals surface area contributed by atoms with Crippen molar-refractivity contribution in [3.05, 3.63) is 0 Å². The van der Waals surface area contributed by atoms with E-state index in [2.05, 4.69) is 0 Å². The first kappa shape index (κ1) is 12.4. The molecule has 1 amide bonds. The van der Waals surface area contributed by atoms with E-state index >= 15 is 0 Å². The van der Waals surface area contributed by atoms with Gasteiger partial charge in [0.1, 0.15) is 0 Å². The monoisotopic (exact) mass is 166 g/mol. The minimum absolute atomic E-state index is 0. The van der Waals surface area contributed by atoms with Gasteiger partial charge in [-0.2, -0.15) is 0 Å². The molecule has 0 saturated carbocycles. The van der Waals surface area contributed by atoms with E-state index in [1.54, 1.807) is 0 Å². The highest BCUT2D eigenvalue weighted by Crippen LogP contribution is 2.03. The van der Waals surface area contributed by atoms with E-state index in [1.807, 2.05) is 13.8 Å². The molecule has 0 unspecified atom stereocenters. The van der Waals surface area contributed by atoms with Gasteiger partial charge in [0.25, 0.3) is 0 Å². The lowest BCUT2D eigenvalue weighted by molar-refractivity contribution is -0.120. The van der Waals surface area contributed by atoms with Gasteiger partial charge in [0.2, 0.25) is 5.91 Å². The Morgan fingerprint density at radius 1 is 1.60 bits per heavy atom. The van der Waals surface area contributed by atoms with Crippen LogP contribution >= 0.6 is 12.4 Å². The fourth-order valence-corrected chi connectivity index (χ4v) is 0.534. The number of rotatable bonds is 3. The molecule has 0 heterocycles. The minimum atomic E-state index is -0.477. The molecule has 10 heavy (non-hydrogen) atoms. The van der Waals surface area contributed by atoms with Gasteiger partial charge in [-0.05, 0) is 5.92 Å². The number of carbonyl (C=O) groups is 1. The van der Waals surface area contributed by atoms with Crippen molar-refractivity contribution in [2.24, 2.45) is 17.4 Å². The Hall–Kier alpha value is -0.280. The highest BCUT2D eigenvalue weighted by Gasteiger charge is 2.15. The molecular formula is C6H15ClN2O. The zero-order chi connectivity index (χ0) is 7.44. The SMILES string of the molecule is CC[C@@H](C)[C@H](N)C(N)=O.Cl. The summed E-state index contributed by atoms with van der Waals surface area (Å²) >= 11 is 0. The van der Waals surface area contributed by atoms with Crippen molar-refractivity contribution >= 4 is 18.3 Å². The van der Waals surface area contributed by atoms with E-state index in [1.165, 1.54) is 0 Å². The maximum Gasteiger partial charge on any atom is 0.234 e. The molecule has 62 valence electrons. The summed E-state index contributed by atoms with van der Waals surface area (Å²) in [6.45, 7) is 3.89.